The molecule has 0 unspecified atom stereocenters. The maximum absolute atomic E-state index is 6.18. The van der Waals surface area contributed by atoms with Crippen molar-refractivity contribution in [3.05, 3.63) is 72.6 Å². The molecule has 4 aromatic rings. The molecule has 0 saturated carbocycles. The summed E-state index contributed by atoms with van der Waals surface area (Å²) in [6.45, 7) is 2.13. The van der Waals surface area contributed by atoms with Crippen molar-refractivity contribution in [2.45, 2.75) is 13.3 Å². The van der Waals surface area contributed by atoms with Gasteiger partial charge in [-0.3, -0.25) is 4.98 Å². The van der Waals surface area contributed by atoms with Crippen molar-refractivity contribution in [1.82, 2.24) is 15.0 Å². The average molecular weight is 341 g/mol. The number of fused-ring (bicyclic) bond motifs is 1. The molecule has 0 fully saturated rings. The lowest BCUT2D eigenvalue weighted by Crippen LogP contribution is -2.02. The van der Waals surface area contributed by atoms with Gasteiger partial charge in [-0.2, -0.15) is 4.98 Å². The molecule has 0 amide bonds. The summed E-state index contributed by atoms with van der Waals surface area (Å²) in [5.74, 6) is 0.897. The Kier molecular flexibility index (Phi) is 4.19. The number of aromatic nitrogens is 3. The molecule has 0 atom stereocenters. The van der Waals surface area contributed by atoms with Crippen LogP contribution in [0.2, 0.25) is 0 Å². The summed E-state index contributed by atoms with van der Waals surface area (Å²) in [6, 6.07) is 18.2. The van der Waals surface area contributed by atoms with Crippen molar-refractivity contribution in [1.29, 1.82) is 0 Å². The third kappa shape index (κ3) is 3.19. The van der Waals surface area contributed by atoms with E-state index in [-0.39, 0.29) is 0 Å². The van der Waals surface area contributed by atoms with E-state index >= 15 is 0 Å². The second-order valence-corrected chi connectivity index (χ2v) is 6.08. The van der Waals surface area contributed by atoms with Gasteiger partial charge in [0.25, 0.3) is 0 Å². The van der Waals surface area contributed by atoms with Crippen LogP contribution < -0.4 is 11.1 Å². The Balaban J connectivity index is 1.62. The zero-order valence-corrected chi connectivity index (χ0v) is 14.5. The zero-order chi connectivity index (χ0) is 17.9. The van der Waals surface area contributed by atoms with Crippen LogP contribution in [-0.4, -0.2) is 15.0 Å². The molecule has 0 radical (unpaired) electrons. The van der Waals surface area contributed by atoms with Crippen molar-refractivity contribution in [2.24, 2.45) is 0 Å². The number of anilines is 3. The molecule has 2 heterocycles. The first kappa shape index (κ1) is 16.0. The largest absolute Gasteiger partial charge is 0.383 e. The summed E-state index contributed by atoms with van der Waals surface area (Å²) < 4.78 is 0. The van der Waals surface area contributed by atoms with E-state index in [0.717, 1.165) is 34.1 Å². The number of para-hydroxylation sites is 1. The second kappa shape index (κ2) is 6.80. The minimum atomic E-state index is 0.421. The van der Waals surface area contributed by atoms with Crippen molar-refractivity contribution in [2.75, 3.05) is 11.1 Å². The Hall–Kier alpha value is -3.47. The van der Waals surface area contributed by atoms with Gasteiger partial charge in [-0.1, -0.05) is 37.3 Å². The maximum Gasteiger partial charge on any atom is 0.229 e. The van der Waals surface area contributed by atoms with Gasteiger partial charge in [-0.15, -0.1) is 0 Å². The highest BCUT2D eigenvalue weighted by molar-refractivity contribution is 5.85. The number of nitrogen functional groups attached to an aromatic ring is 1. The smallest absolute Gasteiger partial charge is 0.229 e. The second-order valence-electron chi connectivity index (χ2n) is 6.08. The van der Waals surface area contributed by atoms with E-state index < -0.39 is 0 Å². The van der Waals surface area contributed by atoms with Gasteiger partial charge in [-0.25, -0.2) is 4.98 Å². The lowest BCUT2D eigenvalue weighted by molar-refractivity contribution is 1.14. The third-order valence-corrected chi connectivity index (χ3v) is 4.34. The predicted molar refractivity (Wildman–Crippen MR) is 106 cm³/mol. The number of hydrogen-bond acceptors (Lipinski definition) is 5. The minimum absolute atomic E-state index is 0.421. The van der Waals surface area contributed by atoms with Crippen LogP contribution in [0.4, 0.5) is 17.5 Å². The third-order valence-electron chi connectivity index (χ3n) is 4.34. The zero-order valence-electron chi connectivity index (χ0n) is 14.5. The van der Waals surface area contributed by atoms with Crippen LogP contribution in [0.25, 0.3) is 22.0 Å². The van der Waals surface area contributed by atoms with E-state index in [9.17, 15) is 0 Å². The highest BCUT2D eigenvalue weighted by Gasteiger charge is 2.08. The molecule has 128 valence electrons. The van der Waals surface area contributed by atoms with Gasteiger partial charge in [0.05, 0.1) is 5.52 Å². The molecule has 5 heteroatoms. The van der Waals surface area contributed by atoms with E-state index in [1.165, 1.54) is 5.56 Å². The van der Waals surface area contributed by atoms with Gasteiger partial charge in [0.15, 0.2) is 0 Å². The first-order chi connectivity index (χ1) is 12.7. The summed E-state index contributed by atoms with van der Waals surface area (Å²) in [4.78, 5) is 13.3. The van der Waals surface area contributed by atoms with Crippen LogP contribution in [0.1, 0.15) is 12.5 Å². The van der Waals surface area contributed by atoms with Crippen LogP contribution in [-0.2, 0) is 6.42 Å². The number of aryl methyl sites for hydroxylation is 1. The quantitative estimate of drug-likeness (QED) is 0.568. The molecule has 0 bridgehead atoms. The molecule has 4 rings (SSSR count). The Bertz CT molecular complexity index is 1060. The molecule has 0 saturated heterocycles. The van der Waals surface area contributed by atoms with Crippen LogP contribution in [0.5, 0.6) is 0 Å². The Morgan fingerprint density at radius 2 is 1.77 bits per heavy atom. The van der Waals surface area contributed by atoms with Crippen molar-refractivity contribution in [3.8, 4) is 11.1 Å². The van der Waals surface area contributed by atoms with Crippen molar-refractivity contribution in [3.63, 3.8) is 0 Å². The highest BCUT2D eigenvalue weighted by Crippen LogP contribution is 2.27. The molecule has 2 aromatic carbocycles. The number of rotatable bonds is 4. The van der Waals surface area contributed by atoms with E-state index in [2.05, 4.69) is 39.3 Å². The van der Waals surface area contributed by atoms with Gasteiger partial charge in [0.1, 0.15) is 5.82 Å². The lowest BCUT2D eigenvalue weighted by atomic mass is 10.1. The Morgan fingerprint density at radius 3 is 2.54 bits per heavy atom. The van der Waals surface area contributed by atoms with E-state index in [4.69, 9.17) is 5.73 Å². The summed E-state index contributed by atoms with van der Waals surface area (Å²) in [5.41, 5.74) is 11.0. The monoisotopic (exact) mass is 341 g/mol. The Labute approximate surface area is 152 Å². The van der Waals surface area contributed by atoms with Crippen molar-refractivity contribution < 1.29 is 0 Å². The molecule has 3 N–H and O–H groups in total. The van der Waals surface area contributed by atoms with Crippen LogP contribution in [0.3, 0.4) is 0 Å². The van der Waals surface area contributed by atoms with Gasteiger partial charge < -0.3 is 11.1 Å². The topological polar surface area (TPSA) is 76.7 Å². The fraction of sp³-hybridized carbons (Fsp3) is 0.0952. The van der Waals surface area contributed by atoms with E-state index in [1.807, 2.05) is 42.5 Å². The van der Waals surface area contributed by atoms with E-state index in [0.29, 0.717) is 11.8 Å². The van der Waals surface area contributed by atoms with Gasteiger partial charge >= 0.3 is 0 Å². The van der Waals surface area contributed by atoms with Crippen molar-refractivity contribution >= 4 is 28.4 Å². The fourth-order valence-electron chi connectivity index (χ4n) is 2.85. The molecule has 0 aliphatic heterocycles. The van der Waals surface area contributed by atoms with Gasteiger partial charge in [-0.05, 0) is 36.2 Å². The SMILES string of the molecule is CCc1ccc(Nc2ncc(-c3cnc4ccccc4c3)c(N)n2)cc1. The number of nitrogens with one attached hydrogen (secondary N) is 1. The molecule has 5 nitrogen and oxygen atoms in total. The Morgan fingerprint density at radius 1 is 0.962 bits per heavy atom. The molecule has 0 spiro atoms. The van der Waals surface area contributed by atoms with Crippen LogP contribution in [0, 0.1) is 0 Å². The van der Waals surface area contributed by atoms with E-state index in [1.54, 1.807) is 12.4 Å². The molecule has 26 heavy (non-hydrogen) atoms. The summed E-state index contributed by atoms with van der Waals surface area (Å²) in [6.07, 6.45) is 4.54. The fourth-order valence-corrected chi connectivity index (χ4v) is 2.85. The maximum atomic E-state index is 6.18. The van der Waals surface area contributed by atoms with Crippen LogP contribution in [0.15, 0.2) is 67.0 Å². The number of pyridine rings is 1. The average Bonchev–Trinajstić information content (AvgIpc) is 2.68. The number of nitrogens with zero attached hydrogens (tertiary/aromatic N) is 3. The van der Waals surface area contributed by atoms with Crippen LogP contribution >= 0.6 is 0 Å². The summed E-state index contributed by atoms with van der Waals surface area (Å²) >= 11 is 0. The predicted octanol–water partition coefficient (Wildman–Crippen LogP) is 4.58. The van der Waals surface area contributed by atoms with Gasteiger partial charge in [0, 0.05) is 34.6 Å². The number of nitrogens with two attached hydrogens (primary N) is 1. The molecular formula is C21H19N5. The summed E-state index contributed by atoms with van der Waals surface area (Å²) in [5, 5.41) is 4.24. The molecule has 0 aliphatic rings. The minimum Gasteiger partial charge on any atom is -0.383 e. The standard InChI is InChI=1S/C21H19N5/c1-2-14-7-9-17(10-8-14)25-21-24-13-18(20(22)26-21)16-11-15-5-3-4-6-19(15)23-12-16/h3-13H,2H2,1H3,(H3,22,24,25,26). The normalized spacial score (nSPS) is 10.8. The molecular weight excluding hydrogens is 322 g/mol. The summed E-state index contributed by atoms with van der Waals surface area (Å²) in [7, 11) is 0. The highest BCUT2D eigenvalue weighted by atomic mass is 15.1. The molecule has 2 aromatic heterocycles. The first-order valence-corrected chi connectivity index (χ1v) is 8.56. The first-order valence-electron chi connectivity index (χ1n) is 8.56. The number of benzene rings is 2. The van der Waals surface area contributed by atoms with Gasteiger partial charge in [0.2, 0.25) is 5.95 Å². The molecule has 0 aliphatic carbocycles. The number of hydrogen-bond donors (Lipinski definition) is 2. The lowest BCUT2D eigenvalue weighted by Gasteiger charge is -2.09.